The van der Waals surface area contributed by atoms with Crippen molar-refractivity contribution in [2.45, 2.75) is 11.3 Å². The van der Waals surface area contributed by atoms with Gasteiger partial charge in [0.2, 0.25) is 5.88 Å². The van der Waals surface area contributed by atoms with Crippen molar-refractivity contribution >= 4 is 32.3 Å². The Morgan fingerprint density at radius 3 is 2.73 bits per heavy atom. The monoisotopic (exact) mass is 466 g/mol. The first-order valence-electron chi connectivity index (χ1n) is 10.6. The van der Waals surface area contributed by atoms with Crippen molar-refractivity contribution in [2.24, 2.45) is 18.9 Å². The normalized spacial score (nSPS) is 19.6. The van der Waals surface area contributed by atoms with Crippen LogP contribution in [0, 0.1) is 11.8 Å². The summed E-state index contributed by atoms with van der Waals surface area (Å²) < 4.78 is 37.3. The fraction of sp³-hybridized carbons (Fsp3) is 0.333. The number of hydrogen-bond acceptors (Lipinski definition) is 8. The van der Waals surface area contributed by atoms with Gasteiger partial charge in [0, 0.05) is 49.7 Å². The first-order chi connectivity index (χ1) is 15.9. The summed E-state index contributed by atoms with van der Waals surface area (Å²) in [4.78, 5) is 10.9. The van der Waals surface area contributed by atoms with Crippen LogP contribution in [0.3, 0.4) is 0 Å². The van der Waals surface area contributed by atoms with E-state index in [9.17, 15) is 8.42 Å². The van der Waals surface area contributed by atoms with Crippen LogP contribution in [0.25, 0.3) is 16.7 Å². The van der Waals surface area contributed by atoms with E-state index in [1.54, 1.807) is 30.3 Å². The molecule has 0 aromatic carbocycles. The lowest BCUT2D eigenvalue weighted by atomic mass is 10.3. The minimum Gasteiger partial charge on any atom is -0.479 e. The number of aryl methyl sites for hydroxylation is 1. The molecule has 0 amide bonds. The number of pyridine rings is 2. The summed E-state index contributed by atoms with van der Waals surface area (Å²) in [7, 11) is -0.823. The lowest BCUT2D eigenvalue weighted by molar-refractivity contribution is 0.400. The highest BCUT2D eigenvalue weighted by Gasteiger charge is 2.45. The van der Waals surface area contributed by atoms with Crippen molar-refractivity contribution in [2.75, 3.05) is 29.8 Å². The van der Waals surface area contributed by atoms with E-state index in [0.29, 0.717) is 16.7 Å². The second kappa shape index (κ2) is 7.17. The Kier molecular flexibility index (Phi) is 4.34. The molecule has 0 radical (unpaired) electrons. The fourth-order valence-electron chi connectivity index (χ4n) is 4.50. The van der Waals surface area contributed by atoms with Crippen molar-refractivity contribution in [3.63, 3.8) is 0 Å². The van der Waals surface area contributed by atoms with Crippen LogP contribution in [-0.4, -0.2) is 58.1 Å². The summed E-state index contributed by atoms with van der Waals surface area (Å²) in [5.74, 6) is 2.33. The van der Waals surface area contributed by atoms with E-state index in [-0.39, 0.29) is 16.5 Å². The lowest BCUT2D eigenvalue weighted by Gasteiger charge is -2.20. The zero-order valence-corrected chi connectivity index (χ0v) is 18.9. The van der Waals surface area contributed by atoms with Crippen LogP contribution in [-0.2, 0) is 17.1 Å². The lowest BCUT2D eigenvalue weighted by Crippen LogP contribution is -2.22. The number of nitrogens with one attached hydrogen (secondary N) is 1. The van der Waals surface area contributed by atoms with Crippen LogP contribution in [0.5, 0.6) is 5.88 Å². The number of piperidine rings is 1. The minimum absolute atomic E-state index is 0.00153. The highest BCUT2D eigenvalue weighted by atomic mass is 32.2. The molecule has 33 heavy (non-hydrogen) atoms. The smallest absolute Gasteiger partial charge is 0.265 e. The maximum Gasteiger partial charge on any atom is 0.265 e. The van der Waals surface area contributed by atoms with Gasteiger partial charge in [-0.2, -0.15) is 10.2 Å². The van der Waals surface area contributed by atoms with Gasteiger partial charge in [0.15, 0.2) is 5.82 Å². The summed E-state index contributed by atoms with van der Waals surface area (Å²) >= 11 is 0. The molecular weight excluding hydrogens is 444 g/mol. The second-order valence-corrected chi connectivity index (χ2v) is 10.2. The highest BCUT2D eigenvalue weighted by molar-refractivity contribution is 7.92. The summed E-state index contributed by atoms with van der Waals surface area (Å²) in [6.07, 6.45) is 8.99. The molecule has 11 nitrogen and oxygen atoms in total. The van der Waals surface area contributed by atoms with Crippen LogP contribution >= 0.6 is 0 Å². The first kappa shape index (κ1) is 20.0. The molecule has 170 valence electrons. The van der Waals surface area contributed by atoms with E-state index in [4.69, 9.17) is 4.74 Å². The third-order valence-corrected chi connectivity index (χ3v) is 7.65. The van der Waals surface area contributed by atoms with E-state index in [2.05, 4.69) is 29.8 Å². The molecule has 4 aromatic heterocycles. The minimum atomic E-state index is -3.98. The van der Waals surface area contributed by atoms with Crippen LogP contribution < -0.4 is 14.4 Å². The Balaban J connectivity index is 1.31. The Labute approximate surface area is 190 Å². The molecule has 0 bridgehead atoms. The van der Waals surface area contributed by atoms with E-state index in [1.165, 1.54) is 30.6 Å². The molecule has 1 saturated heterocycles. The number of methoxy groups -OCH3 is 1. The molecule has 6 rings (SSSR count). The van der Waals surface area contributed by atoms with Crippen molar-refractivity contribution in [3.8, 4) is 11.7 Å². The van der Waals surface area contributed by atoms with Crippen LogP contribution in [0.15, 0.2) is 48.0 Å². The van der Waals surface area contributed by atoms with Crippen molar-refractivity contribution < 1.29 is 13.2 Å². The third kappa shape index (κ3) is 3.37. The molecule has 1 N–H and O–H groups in total. The number of aromatic nitrogens is 6. The van der Waals surface area contributed by atoms with Gasteiger partial charge in [0.05, 0.1) is 31.2 Å². The molecule has 12 heteroatoms. The Morgan fingerprint density at radius 2 is 1.94 bits per heavy atom. The maximum atomic E-state index is 13.2. The molecule has 2 atom stereocenters. The van der Waals surface area contributed by atoms with Gasteiger partial charge in [-0.3, -0.25) is 9.40 Å². The highest BCUT2D eigenvalue weighted by Crippen LogP contribution is 2.46. The molecule has 2 fully saturated rings. The Bertz CT molecular complexity index is 1470. The van der Waals surface area contributed by atoms with Gasteiger partial charge in [-0.25, -0.2) is 23.1 Å². The Hall–Kier alpha value is -3.67. The first-order valence-corrected chi connectivity index (χ1v) is 12.0. The van der Waals surface area contributed by atoms with Gasteiger partial charge in [0.25, 0.3) is 10.0 Å². The second-order valence-electron chi connectivity index (χ2n) is 8.47. The standard InChI is InChI=1S/C21H22N8O3S/c1-27-20-15(8-24-27)7-23-21(32-2)19(20)26-33(30,31)17-9-25-29(12-17)18-6-16(3-4-22-18)28-10-13-5-14(13)11-28/h3-4,6-9,12-14,26H,5,10-11H2,1-2H3. The predicted molar refractivity (Wildman–Crippen MR) is 121 cm³/mol. The maximum absolute atomic E-state index is 13.2. The average Bonchev–Trinajstić information content (AvgIpc) is 3.21. The van der Waals surface area contributed by atoms with Crippen molar-refractivity contribution in [1.29, 1.82) is 0 Å². The average molecular weight is 467 g/mol. The van der Waals surface area contributed by atoms with Gasteiger partial charge in [-0.05, 0) is 24.3 Å². The summed E-state index contributed by atoms with van der Waals surface area (Å²) in [5, 5.41) is 9.12. The number of nitrogens with zero attached hydrogens (tertiary/aromatic N) is 7. The summed E-state index contributed by atoms with van der Waals surface area (Å²) in [6, 6.07) is 3.91. The number of anilines is 2. The van der Waals surface area contributed by atoms with Gasteiger partial charge in [-0.15, -0.1) is 0 Å². The van der Waals surface area contributed by atoms with Crippen molar-refractivity contribution in [1.82, 2.24) is 29.5 Å². The third-order valence-electron chi connectivity index (χ3n) is 6.35. The van der Waals surface area contributed by atoms with Gasteiger partial charge < -0.3 is 9.64 Å². The van der Waals surface area contributed by atoms with Gasteiger partial charge in [0.1, 0.15) is 10.6 Å². The molecule has 1 aliphatic carbocycles. The molecular formula is C21H22N8O3S. The zero-order chi connectivity index (χ0) is 22.7. The number of hydrogen-bond donors (Lipinski definition) is 1. The van der Waals surface area contributed by atoms with Gasteiger partial charge >= 0.3 is 0 Å². The quantitative estimate of drug-likeness (QED) is 0.457. The summed E-state index contributed by atoms with van der Waals surface area (Å²) in [6.45, 7) is 2.12. The SMILES string of the molecule is COc1ncc2cnn(C)c2c1NS(=O)(=O)c1cnn(-c2cc(N3CC4CC4C3)ccn2)c1. The largest absolute Gasteiger partial charge is 0.479 e. The number of rotatable bonds is 6. The molecule has 2 unspecified atom stereocenters. The molecule has 2 aliphatic rings. The van der Waals surface area contributed by atoms with E-state index >= 15 is 0 Å². The molecule has 4 aromatic rings. The summed E-state index contributed by atoms with van der Waals surface area (Å²) in [5.41, 5.74) is 1.86. The van der Waals surface area contributed by atoms with Crippen LogP contribution in [0.2, 0.25) is 0 Å². The van der Waals surface area contributed by atoms with Crippen LogP contribution in [0.1, 0.15) is 6.42 Å². The molecule has 5 heterocycles. The zero-order valence-electron chi connectivity index (χ0n) is 18.1. The fourth-order valence-corrected chi connectivity index (χ4v) is 5.49. The topological polar surface area (TPSA) is 120 Å². The molecule has 1 aliphatic heterocycles. The number of ether oxygens (including phenoxy) is 1. The van der Waals surface area contributed by atoms with E-state index < -0.39 is 10.0 Å². The molecule has 0 spiro atoms. The Morgan fingerprint density at radius 1 is 1.12 bits per heavy atom. The molecule has 1 saturated carbocycles. The van der Waals surface area contributed by atoms with Crippen molar-refractivity contribution in [3.05, 3.63) is 43.1 Å². The number of sulfonamides is 1. The predicted octanol–water partition coefficient (Wildman–Crippen LogP) is 1.81. The van der Waals surface area contributed by atoms with Gasteiger partial charge in [-0.1, -0.05) is 0 Å². The van der Waals surface area contributed by atoms with E-state index in [1.807, 2.05) is 12.1 Å². The van der Waals surface area contributed by atoms with E-state index in [0.717, 1.165) is 30.6 Å². The number of fused-ring (bicyclic) bond motifs is 2. The van der Waals surface area contributed by atoms with Crippen LogP contribution in [0.4, 0.5) is 11.4 Å².